The molecule has 0 fully saturated rings. The molecular weight excluding hydrogens is 429 g/mol. The molecule has 5 rings (SSSR count). The molecule has 0 N–H and O–H groups in total. The Kier molecular flexibility index (Phi) is 4.82. The molecule has 0 spiro atoms. The summed E-state index contributed by atoms with van der Waals surface area (Å²) in [6, 6.07) is 15.7. The van der Waals surface area contributed by atoms with Crippen molar-refractivity contribution < 1.29 is 14.1 Å². The van der Waals surface area contributed by atoms with Gasteiger partial charge in [-0.3, -0.25) is 4.79 Å². The highest BCUT2D eigenvalue weighted by molar-refractivity contribution is 6.07. The van der Waals surface area contributed by atoms with Gasteiger partial charge in [-0.05, 0) is 29.2 Å². The lowest BCUT2D eigenvalue weighted by Gasteiger charge is -2.06. The van der Waals surface area contributed by atoms with Crippen LogP contribution in [-0.2, 0) is 13.6 Å². The first-order valence-electron chi connectivity index (χ1n) is 9.93. The fraction of sp³-hybridized carbons (Fsp3) is 0.0870. The number of hydrogen-bond acceptors (Lipinski definition) is 6. The van der Waals surface area contributed by atoms with Crippen molar-refractivity contribution in [3.8, 4) is 11.6 Å². The third kappa shape index (κ3) is 3.57. The van der Waals surface area contributed by atoms with Crippen LogP contribution >= 0.6 is 0 Å². The number of aromatic nitrogens is 4. The van der Waals surface area contributed by atoms with E-state index in [4.69, 9.17) is 4.74 Å². The number of hydrogen-bond donors (Lipinski definition) is 0. The van der Waals surface area contributed by atoms with E-state index in [1.165, 1.54) is 28.9 Å². The minimum absolute atomic E-state index is 0.00971. The maximum atomic E-state index is 14.1. The fourth-order valence-electron chi connectivity index (χ4n) is 3.78. The number of nitrogens with zero attached hydrogens (tertiary/aromatic N) is 5. The molecule has 0 bridgehead atoms. The third-order valence-electron chi connectivity index (χ3n) is 5.37. The quantitative estimate of drug-likeness (QED) is 0.297. The average Bonchev–Trinajstić information content (AvgIpc) is 3.09. The molecule has 0 aliphatic carbocycles. The van der Waals surface area contributed by atoms with Crippen molar-refractivity contribution in [1.29, 1.82) is 0 Å². The van der Waals surface area contributed by atoms with E-state index in [1.54, 1.807) is 54.2 Å². The van der Waals surface area contributed by atoms with Gasteiger partial charge in [0.25, 0.3) is 5.56 Å². The second kappa shape index (κ2) is 7.83. The van der Waals surface area contributed by atoms with Crippen LogP contribution in [0.25, 0.3) is 21.8 Å². The van der Waals surface area contributed by atoms with Crippen LogP contribution < -0.4 is 10.3 Å². The molecule has 2 aromatic carbocycles. The number of benzene rings is 2. The van der Waals surface area contributed by atoms with Gasteiger partial charge in [0.2, 0.25) is 0 Å². The van der Waals surface area contributed by atoms with E-state index in [1.807, 2.05) is 0 Å². The number of halogens is 1. The van der Waals surface area contributed by atoms with Crippen molar-refractivity contribution in [2.75, 3.05) is 0 Å². The molecule has 0 aliphatic rings. The molecule has 0 amide bonds. The molecule has 0 saturated carbocycles. The molecule has 0 unspecified atom stereocenters. The van der Waals surface area contributed by atoms with Crippen LogP contribution in [-0.4, -0.2) is 24.3 Å². The van der Waals surface area contributed by atoms with Crippen molar-refractivity contribution in [2.24, 2.45) is 7.05 Å². The van der Waals surface area contributed by atoms with Crippen molar-refractivity contribution in [2.45, 2.75) is 6.54 Å². The Hall–Kier alpha value is -4.60. The molecule has 0 atom stereocenters. The zero-order valence-electron chi connectivity index (χ0n) is 17.3. The van der Waals surface area contributed by atoms with Crippen LogP contribution in [0.4, 0.5) is 10.2 Å². The molecule has 164 valence electrons. The Bertz CT molecular complexity index is 1610. The van der Waals surface area contributed by atoms with Crippen LogP contribution in [0, 0.1) is 15.9 Å². The average molecular weight is 445 g/mol. The van der Waals surface area contributed by atoms with Crippen LogP contribution in [0.2, 0.25) is 0 Å². The number of fused-ring (bicyclic) bond motifs is 3. The minimum Gasteiger partial charge on any atom is -0.420 e. The Morgan fingerprint density at radius 1 is 1.09 bits per heavy atom. The molecule has 0 radical (unpaired) electrons. The molecule has 33 heavy (non-hydrogen) atoms. The van der Waals surface area contributed by atoms with Crippen LogP contribution in [0.1, 0.15) is 5.56 Å². The van der Waals surface area contributed by atoms with Gasteiger partial charge in [-0.25, -0.2) is 9.07 Å². The first-order chi connectivity index (χ1) is 15.9. The van der Waals surface area contributed by atoms with Gasteiger partial charge in [-0.15, -0.1) is 0 Å². The summed E-state index contributed by atoms with van der Waals surface area (Å²) in [5.41, 5.74) is 1.14. The van der Waals surface area contributed by atoms with Crippen LogP contribution in [0.5, 0.6) is 11.6 Å². The van der Waals surface area contributed by atoms with Crippen LogP contribution in [0.15, 0.2) is 71.7 Å². The highest BCUT2D eigenvalue weighted by Gasteiger charge is 2.17. The maximum absolute atomic E-state index is 14.1. The zero-order valence-corrected chi connectivity index (χ0v) is 17.3. The molecule has 9 nitrogen and oxygen atoms in total. The molecule has 0 aliphatic heterocycles. The van der Waals surface area contributed by atoms with E-state index < -0.39 is 10.7 Å². The predicted molar refractivity (Wildman–Crippen MR) is 119 cm³/mol. The highest BCUT2D eigenvalue weighted by atomic mass is 19.1. The molecule has 3 heterocycles. The lowest BCUT2D eigenvalue weighted by Crippen LogP contribution is -2.24. The van der Waals surface area contributed by atoms with Gasteiger partial charge in [0.05, 0.1) is 18.3 Å². The van der Waals surface area contributed by atoms with E-state index in [-0.39, 0.29) is 23.8 Å². The maximum Gasteiger partial charge on any atom is 0.367 e. The first-order valence-corrected chi connectivity index (χ1v) is 9.93. The van der Waals surface area contributed by atoms with E-state index in [0.717, 1.165) is 5.39 Å². The summed E-state index contributed by atoms with van der Waals surface area (Å²) >= 11 is 0. The van der Waals surface area contributed by atoms with Crippen molar-refractivity contribution >= 4 is 27.6 Å². The Morgan fingerprint density at radius 3 is 2.70 bits per heavy atom. The molecule has 3 aromatic heterocycles. The second-order valence-electron chi connectivity index (χ2n) is 7.39. The lowest BCUT2D eigenvalue weighted by atomic mass is 10.2. The minimum atomic E-state index is -0.598. The summed E-state index contributed by atoms with van der Waals surface area (Å²) in [4.78, 5) is 27.4. The van der Waals surface area contributed by atoms with Crippen molar-refractivity contribution in [3.05, 3.63) is 98.7 Å². The predicted octanol–water partition coefficient (Wildman–Crippen LogP) is 4.17. The summed E-state index contributed by atoms with van der Waals surface area (Å²) in [7, 11) is 1.74. The number of pyridine rings is 1. The van der Waals surface area contributed by atoms with Gasteiger partial charge >= 0.3 is 11.7 Å². The van der Waals surface area contributed by atoms with E-state index in [0.29, 0.717) is 27.7 Å². The van der Waals surface area contributed by atoms with Gasteiger partial charge in [-0.1, -0.05) is 18.2 Å². The summed E-state index contributed by atoms with van der Waals surface area (Å²) in [6.45, 7) is 0.00971. The summed E-state index contributed by atoms with van der Waals surface area (Å²) in [5.74, 6) is -0.239. The number of aryl methyl sites for hydroxylation is 1. The van der Waals surface area contributed by atoms with Crippen LogP contribution in [0.3, 0.4) is 0 Å². The number of ether oxygens (including phenoxy) is 1. The van der Waals surface area contributed by atoms with E-state index in [2.05, 4.69) is 10.1 Å². The van der Waals surface area contributed by atoms with Gasteiger partial charge in [0, 0.05) is 46.6 Å². The normalized spacial score (nSPS) is 11.2. The molecule has 10 heteroatoms. The lowest BCUT2D eigenvalue weighted by molar-refractivity contribution is -0.389. The summed E-state index contributed by atoms with van der Waals surface area (Å²) in [6.07, 6.45) is 1.59. The second-order valence-corrected chi connectivity index (χ2v) is 7.39. The summed E-state index contributed by atoms with van der Waals surface area (Å²) < 4.78 is 22.7. The third-order valence-corrected chi connectivity index (χ3v) is 5.37. The largest absolute Gasteiger partial charge is 0.420 e. The highest BCUT2D eigenvalue weighted by Crippen LogP contribution is 2.30. The van der Waals surface area contributed by atoms with Gasteiger partial charge in [0.15, 0.2) is 0 Å². The zero-order chi connectivity index (χ0) is 23.1. The number of rotatable bonds is 5. The van der Waals surface area contributed by atoms with E-state index in [9.17, 15) is 19.3 Å². The number of nitro groups is 1. The Balaban J connectivity index is 1.56. The fourth-order valence-corrected chi connectivity index (χ4v) is 3.78. The van der Waals surface area contributed by atoms with Crippen molar-refractivity contribution in [3.63, 3.8) is 0 Å². The Labute approximate surface area is 185 Å². The standard InChI is InChI=1S/C23H16FN5O4/c1-27-19-11-15(33-21-8-4-7-20(26-21)29(31)32)9-10-16(19)17-12-25-28(23(30)22(17)27)13-14-5-2-3-6-18(14)24/h2-12H,13H2,1H3. The summed E-state index contributed by atoms with van der Waals surface area (Å²) in [5, 5.41) is 16.6. The molecule has 0 saturated heterocycles. The van der Waals surface area contributed by atoms with Gasteiger partial charge in [0.1, 0.15) is 17.1 Å². The SMILES string of the molecule is Cn1c2cc(Oc3cccc([N+](=O)[O-])n3)ccc2c2cnn(Cc3ccccc3F)c(=O)c21. The van der Waals surface area contributed by atoms with Gasteiger partial charge in [-0.2, -0.15) is 5.10 Å². The molecular formula is C23H16FN5O4. The van der Waals surface area contributed by atoms with Crippen molar-refractivity contribution in [1.82, 2.24) is 19.3 Å². The van der Waals surface area contributed by atoms with E-state index >= 15 is 0 Å². The monoisotopic (exact) mass is 445 g/mol. The van der Waals surface area contributed by atoms with Gasteiger partial charge < -0.3 is 19.4 Å². The topological polar surface area (TPSA) is 105 Å². The Morgan fingerprint density at radius 2 is 1.91 bits per heavy atom. The smallest absolute Gasteiger partial charge is 0.367 e. The first kappa shape index (κ1) is 20.3. The molecule has 5 aromatic rings.